The van der Waals surface area contributed by atoms with Gasteiger partial charge in [-0.25, -0.2) is 0 Å². The Morgan fingerprint density at radius 2 is 1.86 bits per heavy atom. The van der Waals surface area contributed by atoms with Crippen molar-refractivity contribution in [3.63, 3.8) is 0 Å². The molecule has 0 aliphatic carbocycles. The van der Waals surface area contributed by atoms with Crippen LogP contribution in [0.5, 0.6) is 0 Å². The Hall–Kier alpha value is -2.84. The van der Waals surface area contributed by atoms with E-state index in [0.29, 0.717) is 34.8 Å². The number of nitrogens with zero attached hydrogens (tertiary/aromatic N) is 3. The monoisotopic (exact) mass is 428 g/mol. The molecule has 2 aromatic carbocycles. The molecule has 1 amide bonds. The minimum atomic E-state index is -0.0646. The van der Waals surface area contributed by atoms with Crippen LogP contribution in [0, 0.1) is 6.92 Å². The van der Waals surface area contributed by atoms with E-state index in [4.69, 9.17) is 17.3 Å². The molecule has 0 bridgehead atoms. The number of amides is 1. The summed E-state index contributed by atoms with van der Waals surface area (Å²) in [6.45, 7) is 2.45. The number of benzene rings is 2. The van der Waals surface area contributed by atoms with Gasteiger partial charge in [-0.1, -0.05) is 41.9 Å². The molecule has 0 saturated carbocycles. The summed E-state index contributed by atoms with van der Waals surface area (Å²) in [5, 5.41) is 6.70. The van der Waals surface area contributed by atoms with Gasteiger partial charge < -0.3 is 16.4 Å². The van der Waals surface area contributed by atoms with Crippen molar-refractivity contribution >= 4 is 46.9 Å². The number of aryl methyl sites for hydroxylation is 1. The molecule has 150 valence electrons. The average Bonchev–Trinajstić information content (AvgIpc) is 2.69. The van der Waals surface area contributed by atoms with Crippen LogP contribution in [0.4, 0.5) is 17.6 Å². The van der Waals surface area contributed by atoms with Crippen LogP contribution in [0.2, 0.25) is 5.02 Å². The molecular weight excluding hydrogens is 408 g/mol. The SMILES string of the molecule is Cc1ccccc1Nc1nc(N)nc(CSCC(=O)NCc2ccc(Cl)cc2)n1. The van der Waals surface area contributed by atoms with Crippen LogP contribution in [-0.4, -0.2) is 26.6 Å². The molecule has 0 saturated heterocycles. The third-order valence-corrected chi connectivity index (χ3v) is 5.14. The van der Waals surface area contributed by atoms with Crippen molar-refractivity contribution in [3.8, 4) is 0 Å². The van der Waals surface area contributed by atoms with Crippen molar-refractivity contribution in [2.75, 3.05) is 16.8 Å². The summed E-state index contributed by atoms with van der Waals surface area (Å²) in [7, 11) is 0. The molecule has 0 aliphatic heterocycles. The predicted molar refractivity (Wildman–Crippen MR) is 118 cm³/mol. The van der Waals surface area contributed by atoms with Crippen LogP contribution in [0.3, 0.4) is 0 Å². The van der Waals surface area contributed by atoms with E-state index in [1.165, 1.54) is 11.8 Å². The molecular formula is C20H21ClN6OS. The molecule has 0 fully saturated rings. The quantitative estimate of drug-likeness (QED) is 0.502. The number of rotatable bonds is 8. The Bertz CT molecular complexity index is 983. The maximum absolute atomic E-state index is 12.0. The highest BCUT2D eigenvalue weighted by atomic mass is 35.5. The number of anilines is 3. The van der Waals surface area contributed by atoms with Crippen molar-refractivity contribution in [1.82, 2.24) is 20.3 Å². The molecule has 4 N–H and O–H groups in total. The lowest BCUT2D eigenvalue weighted by atomic mass is 10.2. The second kappa shape index (κ2) is 10.1. The number of carbonyl (C=O) groups is 1. The number of para-hydroxylation sites is 1. The summed E-state index contributed by atoms with van der Waals surface area (Å²) in [6, 6.07) is 15.2. The lowest BCUT2D eigenvalue weighted by Gasteiger charge is -2.09. The van der Waals surface area contributed by atoms with Gasteiger partial charge in [-0.3, -0.25) is 4.79 Å². The highest BCUT2D eigenvalue weighted by Crippen LogP contribution is 2.19. The zero-order valence-corrected chi connectivity index (χ0v) is 17.4. The second-order valence-electron chi connectivity index (χ2n) is 6.27. The first-order valence-electron chi connectivity index (χ1n) is 8.91. The summed E-state index contributed by atoms with van der Waals surface area (Å²) in [6.07, 6.45) is 0. The van der Waals surface area contributed by atoms with E-state index in [1.807, 2.05) is 43.3 Å². The smallest absolute Gasteiger partial charge is 0.232 e. The van der Waals surface area contributed by atoms with E-state index < -0.39 is 0 Å². The standard InChI is InChI=1S/C20H21ClN6OS/c1-13-4-2-3-5-16(13)24-20-26-17(25-19(22)27-20)11-29-12-18(28)23-10-14-6-8-15(21)9-7-14/h2-9H,10-12H2,1H3,(H,23,28)(H3,22,24,25,26,27). The van der Waals surface area contributed by atoms with Gasteiger partial charge in [-0.15, -0.1) is 11.8 Å². The largest absolute Gasteiger partial charge is 0.368 e. The number of halogens is 1. The lowest BCUT2D eigenvalue weighted by Crippen LogP contribution is -2.24. The zero-order valence-electron chi connectivity index (χ0n) is 15.9. The first-order chi connectivity index (χ1) is 14.0. The molecule has 3 aromatic rings. The van der Waals surface area contributed by atoms with E-state index in [-0.39, 0.29) is 11.9 Å². The Morgan fingerprint density at radius 3 is 2.62 bits per heavy atom. The maximum Gasteiger partial charge on any atom is 0.232 e. The van der Waals surface area contributed by atoms with Gasteiger partial charge in [0.25, 0.3) is 0 Å². The molecule has 7 nitrogen and oxygen atoms in total. The molecule has 1 heterocycles. The van der Waals surface area contributed by atoms with Crippen molar-refractivity contribution in [2.45, 2.75) is 19.2 Å². The van der Waals surface area contributed by atoms with Crippen LogP contribution in [0.1, 0.15) is 17.0 Å². The molecule has 0 atom stereocenters. The first kappa shape index (κ1) is 20.9. The normalized spacial score (nSPS) is 10.6. The number of hydrogen-bond acceptors (Lipinski definition) is 7. The number of nitrogen functional groups attached to an aromatic ring is 1. The number of nitrogens with one attached hydrogen (secondary N) is 2. The zero-order chi connectivity index (χ0) is 20.6. The van der Waals surface area contributed by atoms with E-state index >= 15 is 0 Å². The topological polar surface area (TPSA) is 106 Å². The van der Waals surface area contributed by atoms with Crippen LogP contribution >= 0.6 is 23.4 Å². The number of aromatic nitrogens is 3. The Labute approximate surface area is 178 Å². The van der Waals surface area contributed by atoms with Crippen molar-refractivity contribution in [2.24, 2.45) is 0 Å². The van der Waals surface area contributed by atoms with Crippen LogP contribution in [0.15, 0.2) is 48.5 Å². The minimum Gasteiger partial charge on any atom is -0.368 e. The molecule has 0 radical (unpaired) electrons. The van der Waals surface area contributed by atoms with Crippen LogP contribution in [0.25, 0.3) is 0 Å². The molecule has 29 heavy (non-hydrogen) atoms. The Morgan fingerprint density at radius 1 is 1.10 bits per heavy atom. The van der Waals surface area contributed by atoms with Gasteiger partial charge in [-0.05, 0) is 36.2 Å². The number of thioether (sulfide) groups is 1. The fraction of sp³-hybridized carbons (Fsp3) is 0.200. The number of nitrogens with two attached hydrogens (primary N) is 1. The van der Waals surface area contributed by atoms with Gasteiger partial charge >= 0.3 is 0 Å². The van der Waals surface area contributed by atoms with Gasteiger partial charge in [0.2, 0.25) is 17.8 Å². The highest BCUT2D eigenvalue weighted by molar-refractivity contribution is 7.99. The first-order valence-corrected chi connectivity index (χ1v) is 10.4. The molecule has 0 unspecified atom stereocenters. The second-order valence-corrected chi connectivity index (χ2v) is 7.69. The van der Waals surface area contributed by atoms with Gasteiger partial charge in [0, 0.05) is 17.3 Å². The summed E-state index contributed by atoms with van der Waals surface area (Å²) in [4.78, 5) is 24.7. The molecule has 0 spiro atoms. The summed E-state index contributed by atoms with van der Waals surface area (Å²) in [5.41, 5.74) is 8.77. The van der Waals surface area contributed by atoms with Crippen molar-refractivity contribution < 1.29 is 4.79 Å². The fourth-order valence-corrected chi connectivity index (χ4v) is 3.31. The third-order valence-electron chi connectivity index (χ3n) is 3.96. The van der Waals surface area contributed by atoms with Gasteiger partial charge in [-0.2, -0.15) is 15.0 Å². The summed E-state index contributed by atoms with van der Waals surface area (Å²) in [5.74, 6) is 1.71. The predicted octanol–water partition coefficient (Wildman–Crippen LogP) is 3.71. The van der Waals surface area contributed by atoms with E-state index in [2.05, 4.69) is 25.6 Å². The van der Waals surface area contributed by atoms with Crippen molar-refractivity contribution in [1.29, 1.82) is 0 Å². The van der Waals surface area contributed by atoms with Crippen molar-refractivity contribution in [3.05, 3.63) is 70.5 Å². The number of hydrogen-bond donors (Lipinski definition) is 3. The number of carbonyl (C=O) groups excluding carboxylic acids is 1. The molecule has 0 aliphatic rings. The van der Waals surface area contributed by atoms with Crippen LogP contribution < -0.4 is 16.4 Å². The van der Waals surface area contributed by atoms with Gasteiger partial charge in [0.05, 0.1) is 11.5 Å². The molecule has 9 heteroatoms. The maximum atomic E-state index is 12.0. The minimum absolute atomic E-state index is 0.0646. The van der Waals surface area contributed by atoms with Gasteiger partial charge in [0.15, 0.2) is 0 Å². The highest BCUT2D eigenvalue weighted by Gasteiger charge is 2.08. The summed E-state index contributed by atoms with van der Waals surface area (Å²) >= 11 is 7.27. The van der Waals surface area contributed by atoms with E-state index in [9.17, 15) is 4.79 Å². The van der Waals surface area contributed by atoms with Crippen LogP contribution in [-0.2, 0) is 17.1 Å². The van der Waals surface area contributed by atoms with E-state index in [0.717, 1.165) is 16.8 Å². The molecule has 1 aromatic heterocycles. The van der Waals surface area contributed by atoms with E-state index in [1.54, 1.807) is 12.1 Å². The molecule has 3 rings (SSSR count). The van der Waals surface area contributed by atoms with Gasteiger partial charge in [0.1, 0.15) is 5.82 Å². The Kier molecular flexibility index (Phi) is 7.26. The average molecular weight is 429 g/mol. The lowest BCUT2D eigenvalue weighted by molar-refractivity contribution is -0.118. The summed E-state index contributed by atoms with van der Waals surface area (Å²) < 4.78 is 0. The fourth-order valence-electron chi connectivity index (χ4n) is 2.48. The third kappa shape index (κ3) is 6.62. The Balaban J connectivity index is 1.50.